The Bertz CT molecular complexity index is 417. The van der Waals surface area contributed by atoms with Gasteiger partial charge in [-0.1, -0.05) is 25.7 Å². The fourth-order valence-corrected chi connectivity index (χ4v) is 2.31. The number of nitrogens with one attached hydrogen (secondary N) is 1. The van der Waals surface area contributed by atoms with Crippen molar-refractivity contribution >= 4 is 5.82 Å². The molecule has 0 spiro atoms. The van der Waals surface area contributed by atoms with Crippen LogP contribution in [0.5, 0.6) is 0 Å². The Labute approximate surface area is 95.3 Å². The van der Waals surface area contributed by atoms with E-state index >= 15 is 0 Å². The van der Waals surface area contributed by atoms with Gasteiger partial charge in [-0.2, -0.15) is 0 Å². The summed E-state index contributed by atoms with van der Waals surface area (Å²) in [4.78, 5) is 18.8. The third-order valence-electron chi connectivity index (χ3n) is 3.45. The Morgan fingerprint density at radius 3 is 2.44 bits per heavy atom. The van der Waals surface area contributed by atoms with E-state index in [9.17, 15) is 4.79 Å². The van der Waals surface area contributed by atoms with Crippen LogP contribution >= 0.6 is 0 Å². The smallest absolute Gasteiger partial charge is 0.255 e. The van der Waals surface area contributed by atoms with Crippen LogP contribution in [-0.2, 0) is 0 Å². The predicted octanol–water partition coefficient (Wildman–Crippen LogP) is 2.10. The number of H-pyrrole nitrogens is 1. The van der Waals surface area contributed by atoms with Crippen molar-refractivity contribution in [2.75, 3.05) is 5.73 Å². The van der Waals surface area contributed by atoms with Crippen LogP contribution in [0, 0.1) is 6.92 Å². The summed E-state index contributed by atoms with van der Waals surface area (Å²) < 4.78 is 0. The number of hydrogen-bond donors (Lipinski definition) is 2. The summed E-state index contributed by atoms with van der Waals surface area (Å²) in [6.07, 6.45) is 7.27. The number of nitrogen functional groups attached to an aromatic ring is 1. The van der Waals surface area contributed by atoms with Gasteiger partial charge in [0.15, 0.2) is 0 Å². The molecule has 1 aliphatic rings. The molecule has 0 saturated heterocycles. The van der Waals surface area contributed by atoms with E-state index in [2.05, 4.69) is 9.97 Å². The van der Waals surface area contributed by atoms with Crippen LogP contribution in [0.4, 0.5) is 5.82 Å². The number of nitrogens with zero attached hydrogens (tertiary/aromatic N) is 1. The Morgan fingerprint density at radius 1 is 1.25 bits per heavy atom. The van der Waals surface area contributed by atoms with Crippen molar-refractivity contribution in [1.29, 1.82) is 0 Å². The average molecular weight is 221 g/mol. The first-order valence-electron chi connectivity index (χ1n) is 6.05. The second-order valence-electron chi connectivity index (χ2n) is 4.65. The van der Waals surface area contributed by atoms with E-state index in [4.69, 9.17) is 5.73 Å². The lowest BCUT2D eigenvalue weighted by Crippen LogP contribution is -2.19. The van der Waals surface area contributed by atoms with Crippen LogP contribution < -0.4 is 11.3 Å². The molecule has 0 amide bonds. The van der Waals surface area contributed by atoms with Gasteiger partial charge in [-0.25, -0.2) is 4.98 Å². The fraction of sp³-hybridized carbons (Fsp3) is 0.667. The van der Waals surface area contributed by atoms with Gasteiger partial charge < -0.3 is 10.7 Å². The van der Waals surface area contributed by atoms with Crippen molar-refractivity contribution in [2.24, 2.45) is 0 Å². The first kappa shape index (κ1) is 11.2. The normalized spacial score (nSPS) is 18.3. The molecular weight excluding hydrogens is 202 g/mol. The zero-order valence-electron chi connectivity index (χ0n) is 9.75. The molecule has 4 heteroatoms. The molecular formula is C12H19N3O. The van der Waals surface area contributed by atoms with Crippen LogP contribution in [0.25, 0.3) is 0 Å². The SMILES string of the molecule is Cc1c(N)nc(C2CCCCCC2)[nH]c1=O. The van der Waals surface area contributed by atoms with Crippen molar-refractivity contribution in [3.63, 3.8) is 0 Å². The maximum absolute atomic E-state index is 11.6. The average Bonchev–Trinajstić information content (AvgIpc) is 2.53. The number of nitrogens with two attached hydrogens (primary N) is 1. The van der Waals surface area contributed by atoms with Crippen LogP contribution in [0.3, 0.4) is 0 Å². The van der Waals surface area contributed by atoms with E-state index in [1.165, 1.54) is 25.7 Å². The van der Waals surface area contributed by atoms with Gasteiger partial charge in [-0.05, 0) is 19.8 Å². The molecule has 0 unspecified atom stereocenters. The molecule has 0 atom stereocenters. The maximum atomic E-state index is 11.6. The second kappa shape index (κ2) is 4.68. The highest BCUT2D eigenvalue weighted by Crippen LogP contribution is 2.29. The molecule has 1 fully saturated rings. The molecule has 4 nitrogen and oxygen atoms in total. The molecule has 16 heavy (non-hydrogen) atoms. The monoisotopic (exact) mass is 221 g/mol. The Balaban J connectivity index is 2.28. The zero-order valence-corrected chi connectivity index (χ0v) is 9.75. The van der Waals surface area contributed by atoms with Gasteiger partial charge in [0, 0.05) is 5.92 Å². The topological polar surface area (TPSA) is 71.8 Å². The third-order valence-corrected chi connectivity index (χ3v) is 3.45. The van der Waals surface area contributed by atoms with Crippen molar-refractivity contribution in [3.8, 4) is 0 Å². The highest BCUT2D eigenvalue weighted by Gasteiger charge is 2.17. The molecule has 3 N–H and O–H groups in total. The van der Waals surface area contributed by atoms with Gasteiger partial charge in [0.1, 0.15) is 11.6 Å². The Morgan fingerprint density at radius 2 is 1.88 bits per heavy atom. The highest BCUT2D eigenvalue weighted by molar-refractivity contribution is 5.36. The quantitative estimate of drug-likeness (QED) is 0.713. The lowest BCUT2D eigenvalue weighted by atomic mass is 9.99. The number of hydrogen-bond acceptors (Lipinski definition) is 3. The van der Waals surface area contributed by atoms with E-state index in [1.807, 2.05) is 0 Å². The molecule has 2 rings (SSSR count). The van der Waals surface area contributed by atoms with Crippen LogP contribution in [-0.4, -0.2) is 9.97 Å². The molecule has 88 valence electrons. The predicted molar refractivity (Wildman–Crippen MR) is 64.5 cm³/mol. The van der Waals surface area contributed by atoms with E-state index in [0.29, 0.717) is 17.3 Å². The fourth-order valence-electron chi connectivity index (χ4n) is 2.31. The summed E-state index contributed by atoms with van der Waals surface area (Å²) in [7, 11) is 0. The standard InChI is InChI=1S/C12H19N3O/c1-8-10(13)14-11(15-12(8)16)9-6-4-2-3-5-7-9/h9H,2-7H2,1H3,(H3,13,14,15,16). The molecule has 1 aliphatic carbocycles. The van der Waals surface area contributed by atoms with E-state index in [-0.39, 0.29) is 5.56 Å². The minimum Gasteiger partial charge on any atom is -0.383 e. The van der Waals surface area contributed by atoms with E-state index in [0.717, 1.165) is 18.7 Å². The number of anilines is 1. The molecule has 1 saturated carbocycles. The summed E-state index contributed by atoms with van der Waals surface area (Å²) in [5, 5.41) is 0. The van der Waals surface area contributed by atoms with Gasteiger partial charge in [0.05, 0.1) is 5.56 Å². The summed E-state index contributed by atoms with van der Waals surface area (Å²) in [6, 6.07) is 0. The van der Waals surface area contributed by atoms with Gasteiger partial charge in [0.2, 0.25) is 0 Å². The lowest BCUT2D eigenvalue weighted by Gasteiger charge is -2.13. The highest BCUT2D eigenvalue weighted by atomic mass is 16.1. The molecule has 0 radical (unpaired) electrons. The third kappa shape index (κ3) is 2.26. The molecule has 1 aromatic rings. The number of aromatic nitrogens is 2. The summed E-state index contributed by atoms with van der Waals surface area (Å²) >= 11 is 0. The Kier molecular flexibility index (Phi) is 3.27. The van der Waals surface area contributed by atoms with Crippen LogP contribution in [0.1, 0.15) is 55.8 Å². The van der Waals surface area contributed by atoms with Gasteiger partial charge in [0.25, 0.3) is 5.56 Å². The number of rotatable bonds is 1. The molecule has 1 heterocycles. The maximum Gasteiger partial charge on any atom is 0.255 e. The summed E-state index contributed by atoms with van der Waals surface area (Å²) in [5.74, 6) is 1.55. The molecule has 0 aliphatic heterocycles. The summed E-state index contributed by atoms with van der Waals surface area (Å²) in [6.45, 7) is 1.71. The zero-order chi connectivity index (χ0) is 11.5. The molecule has 0 bridgehead atoms. The first-order chi connectivity index (χ1) is 7.68. The first-order valence-corrected chi connectivity index (χ1v) is 6.05. The Hall–Kier alpha value is -1.32. The second-order valence-corrected chi connectivity index (χ2v) is 4.65. The lowest BCUT2D eigenvalue weighted by molar-refractivity contribution is 0.559. The largest absolute Gasteiger partial charge is 0.383 e. The van der Waals surface area contributed by atoms with Crippen LogP contribution in [0.15, 0.2) is 4.79 Å². The van der Waals surface area contributed by atoms with E-state index < -0.39 is 0 Å². The minimum atomic E-state index is -0.0910. The molecule has 0 aromatic carbocycles. The van der Waals surface area contributed by atoms with Crippen molar-refractivity contribution in [2.45, 2.75) is 51.4 Å². The van der Waals surface area contributed by atoms with E-state index in [1.54, 1.807) is 6.92 Å². The van der Waals surface area contributed by atoms with Crippen molar-refractivity contribution in [3.05, 3.63) is 21.7 Å². The van der Waals surface area contributed by atoms with Crippen molar-refractivity contribution < 1.29 is 0 Å². The number of aromatic amines is 1. The summed E-state index contributed by atoms with van der Waals surface area (Å²) in [5.41, 5.74) is 6.17. The van der Waals surface area contributed by atoms with Crippen molar-refractivity contribution in [1.82, 2.24) is 9.97 Å². The minimum absolute atomic E-state index is 0.0910. The van der Waals surface area contributed by atoms with Gasteiger partial charge in [-0.3, -0.25) is 4.79 Å². The molecule has 1 aromatic heterocycles. The van der Waals surface area contributed by atoms with Gasteiger partial charge in [-0.15, -0.1) is 0 Å². The van der Waals surface area contributed by atoms with Crippen LogP contribution in [0.2, 0.25) is 0 Å². The van der Waals surface area contributed by atoms with Gasteiger partial charge >= 0.3 is 0 Å².